The van der Waals surface area contributed by atoms with Gasteiger partial charge in [-0.2, -0.15) is 0 Å². The van der Waals surface area contributed by atoms with E-state index in [9.17, 15) is 9.59 Å². The molecule has 0 spiro atoms. The predicted octanol–water partition coefficient (Wildman–Crippen LogP) is 3.47. The number of ether oxygens (including phenoxy) is 3. The van der Waals surface area contributed by atoms with E-state index in [-0.39, 0.29) is 6.61 Å². The summed E-state index contributed by atoms with van der Waals surface area (Å²) in [5.41, 5.74) is 3.13. The fourth-order valence-corrected chi connectivity index (χ4v) is 2.75. The van der Waals surface area contributed by atoms with Crippen LogP contribution >= 0.6 is 0 Å². The van der Waals surface area contributed by atoms with Crippen molar-refractivity contribution in [3.63, 3.8) is 0 Å². The quantitative estimate of drug-likeness (QED) is 0.770. The maximum Gasteiger partial charge on any atom is 0.338 e. The summed E-state index contributed by atoms with van der Waals surface area (Å²) in [7, 11) is 0. The van der Waals surface area contributed by atoms with Gasteiger partial charge in [-0.1, -0.05) is 35.4 Å². The molecule has 2 aromatic carbocycles. The minimum Gasteiger partial charge on any atom is -0.459 e. The summed E-state index contributed by atoms with van der Waals surface area (Å²) in [6, 6.07) is 14.4. The maximum absolute atomic E-state index is 12.3. The Morgan fingerprint density at radius 2 is 1.46 bits per heavy atom. The second-order valence-electron chi connectivity index (χ2n) is 6.47. The van der Waals surface area contributed by atoms with Gasteiger partial charge in [-0.25, -0.2) is 9.59 Å². The van der Waals surface area contributed by atoms with Crippen molar-refractivity contribution in [3.05, 3.63) is 70.8 Å². The highest BCUT2D eigenvalue weighted by Gasteiger charge is 2.33. The van der Waals surface area contributed by atoms with Crippen molar-refractivity contribution in [1.82, 2.24) is 0 Å². The van der Waals surface area contributed by atoms with Gasteiger partial charge in [-0.3, -0.25) is 0 Å². The molecule has 1 aliphatic heterocycles. The molecular weight excluding hydrogens is 332 g/mol. The van der Waals surface area contributed by atoms with E-state index in [1.165, 1.54) is 0 Å². The topological polar surface area (TPSA) is 61.8 Å². The minimum absolute atomic E-state index is 0.0541. The van der Waals surface area contributed by atoms with E-state index < -0.39 is 24.1 Å². The number of carbonyl (C=O) groups is 2. The number of hydrogen-bond acceptors (Lipinski definition) is 5. The summed E-state index contributed by atoms with van der Waals surface area (Å²) in [5.74, 6) is -0.806. The normalized spacial score (nSPS) is 19.2. The molecule has 0 bridgehead atoms. The molecule has 2 atom stereocenters. The highest BCUT2D eigenvalue weighted by molar-refractivity contribution is 5.90. The Balaban J connectivity index is 1.54. The van der Waals surface area contributed by atoms with Crippen molar-refractivity contribution in [1.29, 1.82) is 0 Å². The summed E-state index contributed by atoms with van der Waals surface area (Å²) in [6.45, 7) is 4.43. The lowest BCUT2D eigenvalue weighted by molar-refractivity contribution is -0.0282. The number of hydrogen-bond donors (Lipinski definition) is 0. The Hall–Kier alpha value is -2.66. The van der Waals surface area contributed by atoms with Crippen molar-refractivity contribution in [2.75, 3.05) is 13.2 Å². The second kappa shape index (κ2) is 8.15. The van der Waals surface area contributed by atoms with Crippen LogP contribution in [0.4, 0.5) is 0 Å². The lowest BCUT2D eigenvalue weighted by Gasteiger charge is -2.19. The Kier molecular flexibility index (Phi) is 5.68. The zero-order valence-electron chi connectivity index (χ0n) is 14.9. The first-order chi connectivity index (χ1) is 12.5. The molecule has 1 fully saturated rings. The molecule has 1 heterocycles. The van der Waals surface area contributed by atoms with Gasteiger partial charge in [0.1, 0.15) is 18.8 Å². The minimum atomic E-state index is -0.446. The molecule has 136 valence electrons. The standard InChI is InChI=1S/C21H22O5/c1-14-3-7-16(8-4-14)20(22)25-13-19-18(11-12-24-19)26-21(23)17-9-5-15(2)6-10-17/h3-10,18-19H,11-13H2,1-2H3/t18-,19?/m0/s1. The van der Waals surface area contributed by atoms with E-state index in [1.807, 2.05) is 38.1 Å². The van der Waals surface area contributed by atoms with Crippen molar-refractivity contribution in [2.45, 2.75) is 32.5 Å². The molecule has 1 saturated heterocycles. The van der Waals surface area contributed by atoms with E-state index in [0.717, 1.165) is 11.1 Å². The van der Waals surface area contributed by atoms with E-state index >= 15 is 0 Å². The van der Waals surface area contributed by atoms with Gasteiger partial charge in [0.05, 0.1) is 17.7 Å². The van der Waals surface area contributed by atoms with Crippen LogP contribution in [0.2, 0.25) is 0 Å². The molecule has 5 heteroatoms. The molecule has 0 N–H and O–H groups in total. The molecular formula is C21H22O5. The lowest BCUT2D eigenvalue weighted by atomic mass is 10.1. The molecule has 26 heavy (non-hydrogen) atoms. The first-order valence-corrected chi connectivity index (χ1v) is 8.66. The molecule has 1 aliphatic rings. The van der Waals surface area contributed by atoms with Crippen LogP contribution in [0.25, 0.3) is 0 Å². The fourth-order valence-electron chi connectivity index (χ4n) is 2.75. The van der Waals surface area contributed by atoms with E-state index in [1.54, 1.807) is 24.3 Å². The van der Waals surface area contributed by atoms with Gasteiger partial charge in [0.25, 0.3) is 0 Å². The second-order valence-corrected chi connectivity index (χ2v) is 6.47. The van der Waals surface area contributed by atoms with Crippen LogP contribution in [0.1, 0.15) is 38.3 Å². The Bertz CT molecular complexity index is 764. The Labute approximate surface area is 152 Å². The van der Waals surface area contributed by atoms with Crippen LogP contribution in [0.3, 0.4) is 0 Å². The summed E-state index contributed by atoms with van der Waals surface area (Å²) in [4.78, 5) is 24.4. The summed E-state index contributed by atoms with van der Waals surface area (Å²) in [5, 5.41) is 0. The number of carbonyl (C=O) groups excluding carboxylic acids is 2. The van der Waals surface area contributed by atoms with Crippen molar-refractivity contribution >= 4 is 11.9 Å². The fraction of sp³-hybridized carbons (Fsp3) is 0.333. The highest BCUT2D eigenvalue weighted by Crippen LogP contribution is 2.20. The molecule has 0 radical (unpaired) electrons. The molecule has 1 unspecified atom stereocenters. The third kappa shape index (κ3) is 4.49. The number of rotatable bonds is 5. The van der Waals surface area contributed by atoms with Crippen LogP contribution in [-0.4, -0.2) is 37.4 Å². The first kappa shape index (κ1) is 18.1. The number of benzene rings is 2. The monoisotopic (exact) mass is 354 g/mol. The van der Waals surface area contributed by atoms with Crippen LogP contribution in [0, 0.1) is 13.8 Å². The van der Waals surface area contributed by atoms with Gasteiger partial charge in [-0.15, -0.1) is 0 Å². The van der Waals surface area contributed by atoms with Crippen LogP contribution < -0.4 is 0 Å². The molecule has 3 rings (SSSR count). The molecule has 0 aliphatic carbocycles. The number of esters is 2. The third-order valence-corrected chi connectivity index (χ3v) is 4.36. The SMILES string of the molecule is Cc1ccc(C(=O)OCC2OCC[C@@H]2OC(=O)c2ccc(C)cc2)cc1. The third-order valence-electron chi connectivity index (χ3n) is 4.36. The van der Waals surface area contributed by atoms with E-state index in [4.69, 9.17) is 14.2 Å². The first-order valence-electron chi connectivity index (χ1n) is 8.66. The molecule has 2 aromatic rings. The van der Waals surface area contributed by atoms with Gasteiger partial charge in [0.2, 0.25) is 0 Å². The van der Waals surface area contributed by atoms with Crippen LogP contribution in [0.15, 0.2) is 48.5 Å². The average Bonchev–Trinajstić information content (AvgIpc) is 3.08. The maximum atomic E-state index is 12.3. The van der Waals surface area contributed by atoms with Crippen LogP contribution in [-0.2, 0) is 14.2 Å². The Morgan fingerprint density at radius 1 is 0.923 bits per heavy atom. The summed E-state index contributed by atoms with van der Waals surface area (Å²) in [6.07, 6.45) is -0.280. The van der Waals surface area contributed by atoms with Crippen LogP contribution in [0.5, 0.6) is 0 Å². The zero-order chi connectivity index (χ0) is 18.5. The van der Waals surface area contributed by atoms with E-state index in [0.29, 0.717) is 24.2 Å². The largest absolute Gasteiger partial charge is 0.459 e. The van der Waals surface area contributed by atoms with Gasteiger partial charge in [0, 0.05) is 6.42 Å². The predicted molar refractivity (Wildman–Crippen MR) is 96.2 cm³/mol. The molecule has 0 amide bonds. The summed E-state index contributed by atoms with van der Waals surface area (Å²) < 4.78 is 16.5. The average molecular weight is 354 g/mol. The molecule has 0 aromatic heterocycles. The highest BCUT2D eigenvalue weighted by atomic mass is 16.6. The Morgan fingerprint density at radius 3 is 2.04 bits per heavy atom. The number of aryl methyl sites for hydroxylation is 2. The summed E-state index contributed by atoms with van der Waals surface area (Å²) >= 11 is 0. The smallest absolute Gasteiger partial charge is 0.338 e. The van der Waals surface area contributed by atoms with Crippen molar-refractivity contribution < 1.29 is 23.8 Å². The van der Waals surface area contributed by atoms with Gasteiger partial charge < -0.3 is 14.2 Å². The van der Waals surface area contributed by atoms with E-state index in [2.05, 4.69) is 0 Å². The zero-order valence-corrected chi connectivity index (χ0v) is 14.9. The van der Waals surface area contributed by atoms with Gasteiger partial charge in [0.15, 0.2) is 0 Å². The van der Waals surface area contributed by atoms with Crippen molar-refractivity contribution in [2.24, 2.45) is 0 Å². The van der Waals surface area contributed by atoms with Gasteiger partial charge in [-0.05, 0) is 38.1 Å². The van der Waals surface area contributed by atoms with Gasteiger partial charge >= 0.3 is 11.9 Å². The molecule has 5 nitrogen and oxygen atoms in total. The lowest BCUT2D eigenvalue weighted by Crippen LogP contribution is -2.32. The van der Waals surface area contributed by atoms with Crippen molar-refractivity contribution in [3.8, 4) is 0 Å². The molecule has 0 saturated carbocycles.